The Morgan fingerprint density at radius 3 is 2.53 bits per heavy atom. The molecule has 4 nitrogen and oxygen atoms in total. The molecule has 1 fully saturated rings. The van der Waals surface area contributed by atoms with Crippen LogP contribution in [0, 0.1) is 5.92 Å². The van der Waals surface area contributed by atoms with Crippen molar-refractivity contribution >= 4 is 23.5 Å². The third-order valence-corrected chi connectivity index (χ3v) is 3.21. The first kappa shape index (κ1) is 13.9. The van der Waals surface area contributed by atoms with E-state index in [2.05, 4.69) is 5.32 Å². The van der Waals surface area contributed by atoms with Crippen molar-refractivity contribution in [2.75, 3.05) is 6.61 Å². The number of rotatable bonds is 5. The lowest BCUT2D eigenvalue weighted by Crippen LogP contribution is -2.35. The molecule has 1 aromatic carbocycles. The topological polar surface area (TPSA) is 55.4 Å². The first-order valence-electron chi connectivity index (χ1n) is 6.34. The molecule has 5 heteroatoms. The fourth-order valence-corrected chi connectivity index (χ4v) is 1.89. The first-order valence-corrected chi connectivity index (χ1v) is 6.72. The lowest BCUT2D eigenvalue weighted by Gasteiger charge is -2.17. The quantitative estimate of drug-likeness (QED) is 0.844. The van der Waals surface area contributed by atoms with E-state index in [4.69, 9.17) is 16.3 Å². The van der Waals surface area contributed by atoms with Gasteiger partial charge >= 0.3 is 5.97 Å². The third kappa shape index (κ3) is 3.70. The van der Waals surface area contributed by atoms with Crippen molar-refractivity contribution in [2.24, 2.45) is 5.92 Å². The van der Waals surface area contributed by atoms with E-state index in [1.54, 1.807) is 31.2 Å². The number of amides is 1. The zero-order valence-electron chi connectivity index (χ0n) is 10.7. The minimum absolute atomic E-state index is 0.0456. The van der Waals surface area contributed by atoms with E-state index in [0.717, 1.165) is 12.8 Å². The molecule has 2 rings (SSSR count). The number of carbonyl (C=O) groups excluding carboxylic acids is 2. The van der Waals surface area contributed by atoms with Gasteiger partial charge in [0.15, 0.2) is 6.04 Å². The number of esters is 1. The van der Waals surface area contributed by atoms with Gasteiger partial charge in [0, 0.05) is 10.9 Å². The molecular weight excluding hydrogens is 266 g/mol. The monoisotopic (exact) mass is 281 g/mol. The van der Waals surface area contributed by atoms with Gasteiger partial charge in [-0.25, -0.2) is 4.79 Å². The normalized spacial score (nSPS) is 15.7. The number of hydrogen-bond acceptors (Lipinski definition) is 3. The second kappa shape index (κ2) is 6.06. The summed E-state index contributed by atoms with van der Waals surface area (Å²) in [5, 5.41) is 3.33. The predicted molar refractivity (Wildman–Crippen MR) is 71.7 cm³/mol. The Morgan fingerprint density at radius 2 is 2.00 bits per heavy atom. The van der Waals surface area contributed by atoms with Gasteiger partial charge in [0.1, 0.15) is 0 Å². The van der Waals surface area contributed by atoms with Gasteiger partial charge in [-0.1, -0.05) is 23.7 Å². The zero-order valence-corrected chi connectivity index (χ0v) is 11.4. The van der Waals surface area contributed by atoms with Crippen LogP contribution in [0.2, 0.25) is 5.02 Å². The Morgan fingerprint density at radius 1 is 1.37 bits per heavy atom. The smallest absolute Gasteiger partial charge is 0.333 e. The minimum Gasteiger partial charge on any atom is -0.464 e. The van der Waals surface area contributed by atoms with Crippen LogP contribution in [-0.2, 0) is 14.3 Å². The van der Waals surface area contributed by atoms with E-state index in [1.807, 2.05) is 0 Å². The lowest BCUT2D eigenvalue weighted by atomic mass is 10.1. The van der Waals surface area contributed by atoms with Crippen LogP contribution >= 0.6 is 11.6 Å². The van der Waals surface area contributed by atoms with Gasteiger partial charge in [0.05, 0.1) is 6.61 Å². The van der Waals surface area contributed by atoms with Crippen LogP contribution < -0.4 is 5.32 Å². The van der Waals surface area contributed by atoms with E-state index in [0.29, 0.717) is 10.6 Å². The number of nitrogens with one attached hydrogen (secondary N) is 1. The van der Waals surface area contributed by atoms with Gasteiger partial charge in [-0.05, 0) is 37.5 Å². The molecular formula is C14H16ClNO3. The molecule has 102 valence electrons. The highest BCUT2D eigenvalue weighted by Gasteiger charge is 2.33. The van der Waals surface area contributed by atoms with Crippen molar-refractivity contribution in [3.8, 4) is 0 Å². The lowest BCUT2D eigenvalue weighted by molar-refractivity contribution is -0.147. The summed E-state index contributed by atoms with van der Waals surface area (Å²) in [5.41, 5.74) is 0.678. The molecule has 1 aromatic rings. The van der Waals surface area contributed by atoms with Crippen LogP contribution in [0.4, 0.5) is 0 Å². The summed E-state index contributed by atoms with van der Waals surface area (Å²) in [7, 11) is 0. The highest BCUT2D eigenvalue weighted by Crippen LogP contribution is 2.30. The van der Waals surface area contributed by atoms with Crippen molar-refractivity contribution in [3.05, 3.63) is 34.9 Å². The molecule has 0 aromatic heterocycles. The van der Waals surface area contributed by atoms with Crippen LogP contribution in [0.25, 0.3) is 0 Å². The third-order valence-electron chi connectivity index (χ3n) is 2.96. The zero-order chi connectivity index (χ0) is 13.8. The van der Waals surface area contributed by atoms with Crippen LogP contribution in [0.15, 0.2) is 24.3 Å². The standard InChI is InChI=1S/C14H16ClNO3/c1-2-19-14(18)12(16-13(17)10-3-4-10)9-5-7-11(15)8-6-9/h5-8,10,12H,2-4H2,1H3,(H,16,17)/t12-/m1/s1. The largest absolute Gasteiger partial charge is 0.464 e. The summed E-state index contributed by atoms with van der Waals surface area (Å²) in [5.74, 6) is -0.490. The predicted octanol–water partition coefficient (Wildman–Crippen LogP) is 2.47. The van der Waals surface area contributed by atoms with Crippen LogP contribution in [0.3, 0.4) is 0 Å². The van der Waals surface area contributed by atoms with Crippen molar-refractivity contribution in [2.45, 2.75) is 25.8 Å². The molecule has 0 radical (unpaired) electrons. The van der Waals surface area contributed by atoms with E-state index in [9.17, 15) is 9.59 Å². The summed E-state index contributed by atoms with van der Waals surface area (Å²) in [4.78, 5) is 23.8. The highest BCUT2D eigenvalue weighted by atomic mass is 35.5. The second-order valence-electron chi connectivity index (χ2n) is 4.52. The highest BCUT2D eigenvalue weighted by molar-refractivity contribution is 6.30. The first-order chi connectivity index (χ1) is 9.11. The van der Waals surface area contributed by atoms with Gasteiger partial charge < -0.3 is 10.1 Å². The molecule has 0 spiro atoms. The molecule has 1 aliphatic carbocycles. The molecule has 1 N–H and O–H groups in total. The summed E-state index contributed by atoms with van der Waals surface area (Å²) in [6, 6.07) is 6.05. The Kier molecular flexibility index (Phi) is 4.43. The van der Waals surface area contributed by atoms with E-state index >= 15 is 0 Å². The minimum atomic E-state index is -0.759. The Bertz CT molecular complexity index is 468. The molecule has 0 heterocycles. The van der Waals surface area contributed by atoms with Crippen molar-refractivity contribution in [1.29, 1.82) is 0 Å². The van der Waals surface area contributed by atoms with Gasteiger partial charge in [0.25, 0.3) is 0 Å². The fraction of sp³-hybridized carbons (Fsp3) is 0.429. The molecule has 1 saturated carbocycles. The number of ether oxygens (including phenoxy) is 1. The maximum absolute atomic E-state index is 11.9. The maximum atomic E-state index is 11.9. The number of benzene rings is 1. The number of halogens is 1. The Hall–Kier alpha value is -1.55. The average Bonchev–Trinajstić information content (AvgIpc) is 3.21. The molecule has 0 aliphatic heterocycles. The molecule has 0 unspecified atom stereocenters. The number of hydrogen-bond donors (Lipinski definition) is 1. The average molecular weight is 282 g/mol. The molecule has 19 heavy (non-hydrogen) atoms. The van der Waals surface area contributed by atoms with Gasteiger partial charge in [-0.3, -0.25) is 4.79 Å². The van der Waals surface area contributed by atoms with Crippen LogP contribution in [0.5, 0.6) is 0 Å². The summed E-state index contributed by atoms with van der Waals surface area (Å²) in [6.07, 6.45) is 1.78. The summed E-state index contributed by atoms with van der Waals surface area (Å²) >= 11 is 5.82. The van der Waals surface area contributed by atoms with Crippen LogP contribution in [0.1, 0.15) is 31.4 Å². The van der Waals surface area contributed by atoms with E-state index < -0.39 is 12.0 Å². The molecule has 0 bridgehead atoms. The second-order valence-corrected chi connectivity index (χ2v) is 4.96. The van der Waals surface area contributed by atoms with Crippen molar-refractivity contribution in [1.82, 2.24) is 5.32 Å². The summed E-state index contributed by atoms with van der Waals surface area (Å²) < 4.78 is 5.00. The van der Waals surface area contributed by atoms with Crippen LogP contribution in [-0.4, -0.2) is 18.5 Å². The molecule has 1 amide bonds. The molecule has 0 saturated heterocycles. The van der Waals surface area contributed by atoms with E-state index in [-0.39, 0.29) is 18.4 Å². The van der Waals surface area contributed by atoms with Crippen molar-refractivity contribution in [3.63, 3.8) is 0 Å². The fourth-order valence-electron chi connectivity index (χ4n) is 1.76. The molecule has 1 aliphatic rings. The maximum Gasteiger partial charge on any atom is 0.333 e. The molecule has 1 atom stereocenters. The number of carbonyl (C=O) groups is 2. The SMILES string of the molecule is CCOC(=O)[C@H](NC(=O)C1CC1)c1ccc(Cl)cc1. The van der Waals surface area contributed by atoms with Gasteiger partial charge in [-0.15, -0.1) is 0 Å². The van der Waals surface area contributed by atoms with Gasteiger partial charge in [0.2, 0.25) is 5.91 Å². The summed E-state index contributed by atoms with van der Waals surface area (Å²) in [6.45, 7) is 2.02. The Labute approximate surface area is 117 Å². The van der Waals surface area contributed by atoms with Crippen molar-refractivity contribution < 1.29 is 14.3 Å². The Balaban J connectivity index is 2.14. The van der Waals surface area contributed by atoms with Gasteiger partial charge in [-0.2, -0.15) is 0 Å². The van der Waals surface area contributed by atoms with E-state index in [1.165, 1.54) is 0 Å².